The lowest BCUT2D eigenvalue weighted by Crippen LogP contribution is -2.37. The zero-order valence-corrected chi connectivity index (χ0v) is 9.44. The van der Waals surface area contributed by atoms with Crippen molar-refractivity contribution >= 4 is 5.78 Å². The van der Waals surface area contributed by atoms with E-state index in [9.17, 15) is 4.79 Å². The van der Waals surface area contributed by atoms with Crippen LogP contribution in [0, 0.1) is 10.8 Å². The first kappa shape index (κ1) is 10.7. The molecule has 0 bridgehead atoms. The van der Waals surface area contributed by atoms with Gasteiger partial charge in [0.1, 0.15) is 5.78 Å². The summed E-state index contributed by atoms with van der Waals surface area (Å²) in [5.74, 6) is 0.472. The third-order valence-electron chi connectivity index (χ3n) is 3.60. The van der Waals surface area contributed by atoms with Crippen LogP contribution in [0.2, 0.25) is 0 Å². The molecule has 1 heteroatoms. The molecule has 1 saturated carbocycles. The summed E-state index contributed by atoms with van der Waals surface area (Å²) in [6.45, 7) is 8.89. The molecule has 0 N–H and O–H groups in total. The van der Waals surface area contributed by atoms with Crippen molar-refractivity contribution in [3.05, 3.63) is 0 Å². The number of ketones is 1. The first-order chi connectivity index (χ1) is 5.93. The van der Waals surface area contributed by atoms with Crippen LogP contribution in [-0.2, 0) is 4.79 Å². The Kier molecular flexibility index (Phi) is 2.84. The SMILES string of the molecule is CCC1(CC)CC(=O)CC(C)(C)C1. The zero-order valence-electron chi connectivity index (χ0n) is 9.44. The molecule has 0 heterocycles. The van der Waals surface area contributed by atoms with Crippen LogP contribution in [0.25, 0.3) is 0 Å². The van der Waals surface area contributed by atoms with Gasteiger partial charge >= 0.3 is 0 Å². The Hall–Kier alpha value is -0.330. The van der Waals surface area contributed by atoms with Crippen molar-refractivity contribution in [3.63, 3.8) is 0 Å². The van der Waals surface area contributed by atoms with Crippen molar-refractivity contribution in [3.8, 4) is 0 Å². The average Bonchev–Trinajstić information content (AvgIpc) is 2.00. The third kappa shape index (κ3) is 2.32. The van der Waals surface area contributed by atoms with E-state index in [1.165, 1.54) is 6.42 Å². The maximum absolute atomic E-state index is 11.6. The molecule has 0 atom stereocenters. The minimum absolute atomic E-state index is 0.237. The standard InChI is InChI=1S/C12H22O/c1-5-12(6-2)8-10(13)7-11(3,4)9-12/h5-9H2,1-4H3. The highest BCUT2D eigenvalue weighted by Crippen LogP contribution is 2.48. The van der Waals surface area contributed by atoms with Crippen LogP contribution in [0.15, 0.2) is 0 Å². The lowest BCUT2D eigenvalue weighted by atomic mass is 9.61. The smallest absolute Gasteiger partial charge is 0.133 e. The summed E-state index contributed by atoms with van der Waals surface area (Å²) >= 11 is 0. The summed E-state index contributed by atoms with van der Waals surface area (Å²) in [5, 5.41) is 0. The Bertz CT molecular complexity index is 199. The van der Waals surface area contributed by atoms with Crippen molar-refractivity contribution in [1.82, 2.24) is 0 Å². The molecule has 0 amide bonds. The van der Waals surface area contributed by atoms with Gasteiger partial charge in [-0.25, -0.2) is 0 Å². The Morgan fingerprint density at radius 2 is 1.69 bits per heavy atom. The van der Waals surface area contributed by atoms with Gasteiger partial charge in [-0.2, -0.15) is 0 Å². The van der Waals surface area contributed by atoms with E-state index in [4.69, 9.17) is 0 Å². The molecule has 1 rings (SSSR count). The highest BCUT2D eigenvalue weighted by Gasteiger charge is 2.41. The summed E-state index contributed by atoms with van der Waals surface area (Å²) < 4.78 is 0. The number of hydrogen-bond acceptors (Lipinski definition) is 1. The second-order valence-electron chi connectivity index (χ2n) is 5.44. The Labute approximate surface area is 81.9 Å². The van der Waals surface area contributed by atoms with Crippen LogP contribution >= 0.6 is 0 Å². The number of rotatable bonds is 2. The van der Waals surface area contributed by atoms with Crippen LogP contribution < -0.4 is 0 Å². The van der Waals surface area contributed by atoms with Crippen molar-refractivity contribution in [2.75, 3.05) is 0 Å². The molecule has 1 fully saturated rings. The normalized spacial score (nSPS) is 26.0. The number of Topliss-reactive ketones (excluding diaryl/α,β-unsaturated/α-hetero) is 1. The molecule has 0 aromatic carbocycles. The van der Waals surface area contributed by atoms with Crippen molar-refractivity contribution in [2.45, 2.75) is 59.8 Å². The zero-order chi connectivity index (χ0) is 10.1. The van der Waals surface area contributed by atoms with Gasteiger partial charge in [0.15, 0.2) is 0 Å². The molecule has 13 heavy (non-hydrogen) atoms. The molecule has 1 aliphatic carbocycles. The molecule has 0 spiro atoms. The number of carbonyl (C=O) groups is 1. The van der Waals surface area contributed by atoms with E-state index in [1.807, 2.05) is 0 Å². The van der Waals surface area contributed by atoms with E-state index < -0.39 is 0 Å². The van der Waals surface area contributed by atoms with Crippen LogP contribution in [0.5, 0.6) is 0 Å². The predicted molar refractivity (Wildman–Crippen MR) is 55.7 cm³/mol. The molecule has 0 unspecified atom stereocenters. The quantitative estimate of drug-likeness (QED) is 0.638. The van der Waals surface area contributed by atoms with Crippen molar-refractivity contribution in [2.24, 2.45) is 10.8 Å². The van der Waals surface area contributed by atoms with E-state index in [1.54, 1.807) is 0 Å². The number of hydrogen-bond donors (Lipinski definition) is 0. The summed E-state index contributed by atoms with van der Waals surface area (Å²) in [6.07, 6.45) is 5.13. The highest BCUT2D eigenvalue weighted by molar-refractivity contribution is 5.80. The molecule has 0 aromatic rings. The number of carbonyl (C=O) groups excluding carboxylic acids is 1. The van der Waals surface area contributed by atoms with Crippen LogP contribution in [0.1, 0.15) is 59.8 Å². The van der Waals surface area contributed by atoms with E-state index in [-0.39, 0.29) is 5.41 Å². The van der Waals surface area contributed by atoms with Gasteiger partial charge in [-0.1, -0.05) is 40.5 Å². The summed E-state index contributed by atoms with van der Waals surface area (Å²) in [6, 6.07) is 0. The molecule has 1 aliphatic rings. The molecular weight excluding hydrogens is 160 g/mol. The second-order valence-corrected chi connectivity index (χ2v) is 5.44. The van der Waals surface area contributed by atoms with Crippen LogP contribution in [0.4, 0.5) is 0 Å². The topological polar surface area (TPSA) is 17.1 Å². The third-order valence-corrected chi connectivity index (χ3v) is 3.60. The van der Waals surface area contributed by atoms with E-state index >= 15 is 0 Å². The minimum atomic E-state index is 0.237. The molecule has 76 valence electrons. The van der Waals surface area contributed by atoms with Gasteiger partial charge in [-0.15, -0.1) is 0 Å². The molecule has 0 saturated heterocycles. The fourth-order valence-electron chi connectivity index (χ4n) is 2.90. The van der Waals surface area contributed by atoms with Gasteiger partial charge in [0, 0.05) is 12.8 Å². The molecule has 0 aliphatic heterocycles. The van der Waals surface area contributed by atoms with Crippen LogP contribution in [0.3, 0.4) is 0 Å². The lowest BCUT2D eigenvalue weighted by molar-refractivity contribution is -0.128. The molecule has 1 nitrogen and oxygen atoms in total. The summed E-state index contributed by atoms with van der Waals surface area (Å²) in [4.78, 5) is 11.6. The summed E-state index contributed by atoms with van der Waals surface area (Å²) in [7, 11) is 0. The summed E-state index contributed by atoms with van der Waals surface area (Å²) in [5.41, 5.74) is 0.556. The Morgan fingerprint density at radius 3 is 2.08 bits per heavy atom. The van der Waals surface area contributed by atoms with Gasteiger partial charge in [0.05, 0.1) is 0 Å². The Balaban J connectivity index is 2.82. The minimum Gasteiger partial charge on any atom is -0.300 e. The largest absolute Gasteiger partial charge is 0.300 e. The lowest BCUT2D eigenvalue weighted by Gasteiger charge is -2.43. The van der Waals surface area contributed by atoms with Crippen molar-refractivity contribution < 1.29 is 4.79 Å². The second kappa shape index (κ2) is 3.43. The van der Waals surface area contributed by atoms with Gasteiger partial charge in [0.2, 0.25) is 0 Å². The van der Waals surface area contributed by atoms with Gasteiger partial charge in [-0.3, -0.25) is 4.79 Å². The Morgan fingerprint density at radius 1 is 1.15 bits per heavy atom. The fraction of sp³-hybridized carbons (Fsp3) is 0.917. The fourth-order valence-corrected chi connectivity index (χ4v) is 2.90. The maximum atomic E-state index is 11.6. The van der Waals surface area contributed by atoms with E-state index in [0.717, 1.165) is 25.7 Å². The van der Waals surface area contributed by atoms with E-state index in [0.29, 0.717) is 11.2 Å². The van der Waals surface area contributed by atoms with Crippen LogP contribution in [-0.4, -0.2) is 5.78 Å². The monoisotopic (exact) mass is 182 g/mol. The van der Waals surface area contributed by atoms with Gasteiger partial charge in [-0.05, 0) is 17.3 Å². The predicted octanol–water partition coefficient (Wildman–Crippen LogP) is 3.57. The first-order valence-electron chi connectivity index (χ1n) is 5.45. The molecule has 0 radical (unpaired) electrons. The molecular formula is C12H22O. The van der Waals surface area contributed by atoms with Crippen molar-refractivity contribution in [1.29, 1.82) is 0 Å². The molecule has 0 aromatic heterocycles. The highest BCUT2D eigenvalue weighted by atomic mass is 16.1. The van der Waals surface area contributed by atoms with Gasteiger partial charge < -0.3 is 0 Å². The van der Waals surface area contributed by atoms with E-state index in [2.05, 4.69) is 27.7 Å². The van der Waals surface area contributed by atoms with Gasteiger partial charge in [0.25, 0.3) is 0 Å². The first-order valence-corrected chi connectivity index (χ1v) is 5.45. The maximum Gasteiger partial charge on any atom is 0.133 e. The average molecular weight is 182 g/mol.